The number of rotatable bonds is 4. The first-order valence-corrected chi connectivity index (χ1v) is 7.83. The van der Waals surface area contributed by atoms with Crippen molar-refractivity contribution in [3.8, 4) is 17.1 Å². The van der Waals surface area contributed by atoms with E-state index in [1.807, 2.05) is 24.3 Å². The van der Waals surface area contributed by atoms with Crippen LogP contribution in [0.15, 0.2) is 42.6 Å². The zero-order valence-corrected chi connectivity index (χ0v) is 13.0. The molecule has 4 heteroatoms. The molecule has 1 saturated carbocycles. The second kappa shape index (κ2) is 5.63. The smallest absolute Gasteiger partial charge is 0.212 e. The number of pyridine rings is 2. The second-order valence-electron chi connectivity index (χ2n) is 5.97. The quantitative estimate of drug-likeness (QED) is 0.799. The fourth-order valence-corrected chi connectivity index (χ4v) is 2.93. The highest BCUT2D eigenvalue weighted by atomic mass is 16.5. The molecule has 1 fully saturated rings. The number of hydrogen-bond donors (Lipinski definition) is 1. The maximum atomic E-state index is 9.38. The Morgan fingerprint density at radius 3 is 2.70 bits per heavy atom. The van der Waals surface area contributed by atoms with Gasteiger partial charge in [-0.25, -0.2) is 9.97 Å². The normalized spacial score (nSPS) is 14.2. The zero-order valence-electron chi connectivity index (χ0n) is 13.0. The van der Waals surface area contributed by atoms with Crippen LogP contribution in [0.2, 0.25) is 0 Å². The molecule has 116 valence electrons. The van der Waals surface area contributed by atoms with E-state index in [1.54, 1.807) is 13.3 Å². The average molecular weight is 306 g/mol. The van der Waals surface area contributed by atoms with Crippen molar-refractivity contribution in [1.29, 1.82) is 0 Å². The molecule has 2 aromatic heterocycles. The van der Waals surface area contributed by atoms with Crippen LogP contribution >= 0.6 is 0 Å². The van der Waals surface area contributed by atoms with Gasteiger partial charge in [-0.05, 0) is 48.1 Å². The molecular formula is C19H18N2O2. The lowest BCUT2D eigenvalue weighted by Crippen LogP contribution is -1.94. The highest BCUT2D eigenvalue weighted by Gasteiger charge is 2.26. The third-order valence-electron chi connectivity index (χ3n) is 4.35. The monoisotopic (exact) mass is 306 g/mol. The van der Waals surface area contributed by atoms with E-state index in [0.29, 0.717) is 11.8 Å². The van der Waals surface area contributed by atoms with Crippen molar-refractivity contribution in [2.45, 2.75) is 25.4 Å². The summed E-state index contributed by atoms with van der Waals surface area (Å²) < 4.78 is 5.12. The summed E-state index contributed by atoms with van der Waals surface area (Å²) in [5.41, 5.74) is 5.07. The Labute approximate surface area is 134 Å². The molecule has 0 aliphatic heterocycles. The van der Waals surface area contributed by atoms with Gasteiger partial charge >= 0.3 is 0 Å². The molecule has 0 amide bonds. The van der Waals surface area contributed by atoms with Gasteiger partial charge in [0.25, 0.3) is 0 Å². The minimum Gasteiger partial charge on any atom is -0.481 e. The molecule has 4 nitrogen and oxygen atoms in total. The Kier molecular flexibility index (Phi) is 3.46. The SMILES string of the molecule is COc1ccc(-c2cc(C3CC3)c3ccc(CO)cc3n2)cn1. The summed E-state index contributed by atoms with van der Waals surface area (Å²) in [4.78, 5) is 9.06. The van der Waals surface area contributed by atoms with Crippen LogP contribution in [-0.4, -0.2) is 22.2 Å². The fraction of sp³-hybridized carbons (Fsp3) is 0.263. The number of hydrogen-bond acceptors (Lipinski definition) is 4. The van der Waals surface area contributed by atoms with Crippen molar-refractivity contribution in [3.05, 3.63) is 53.7 Å². The van der Waals surface area contributed by atoms with Crippen LogP contribution in [0.3, 0.4) is 0 Å². The van der Waals surface area contributed by atoms with Crippen molar-refractivity contribution in [2.75, 3.05) is 7.11 Å². The van der Waals surface area contributed by atoms with Crippen LogP contribution in [0.1, 0.15) is 29.9 Å². The maximum absolute atomic E-state index is 9.38. The van der Waals surface area contributed by atoms with E-state index >= 15 is 0 Å². The van der Waals surface area contributed by atoms with E-state index in [2.05, 4.69) is 17.1 Å². The summed E-state index contributed by atoms with van der Waals surface area (Å²) in [7, 11) is 1.61. The molecule has 1 aliphatic rings. The molecule has 0 atom stereocenters. The number of ether oxygens (including phenoxy) is 1. The summed E-state index contributed by atoms with van der Waals surface area (Å²) >= 11 is 0. The van der Waals surface area contributed by atoms with Gasteiger partial charge in [-0.1, -0.05) is 12.1 Å². The molecule has 0 saturated heterocycles. The van der Waals surface area contributed by atoms with Gasteiger partial charge in [0.15, 0.2) is 0 Å². The minimum atomic E-state index is 0.0324. The van der Waals surface area contributed by atoms with Gasteiger partial charge in [0.2, 0.25) is 5.88 Å². The van der Waals surface area contributed by atoms with Crippen molar-refractivity contribution in [1.82, 2.24) is 9.97 Å². The number of aromatic nitrogens is 2. The molecule has 2 heterocycles. The summed E-state index contributed by atoms with van der Waals surface area (Å²) in [6, 6.07) is 12.0. The number of aliphatic hydroxyl groups excluding tert-OH is 1. The van der Waals surface area contributed by atoms with Crippen molar-refractivity contribution < 1.29 is 9.84 Å². The maximum Gasteiger partial charge on any atom is 0.212 e. The van der Waals surface area contributed by atoms with Crippen LogP contribution in [0.5, 0.6) is 5.88 Å². The van der Waals surface area contributed by atoms with Crippen molar-refractivity contribution in [3.63, 3.8) is 0 Å². The standard InChI is InChI=1S/C19H18N2O2/c1-23-19-7-5-14(10-20-19)17-9-16(13-3-4-13)15-6-2-12(11-22)8-18(15)21-17/h2,5-10,13,22H,3-4,11H2,1H3. The Morgan fingerprint density at radius 1 is 1.17 bits per heavy atom. The van der Waals surface area contributed by atoms with E-state index in [-0.39, 0.29) is 6.61 Å². The molecule has 0 unspecified atom stereocenters. The largest absolute Gasteiger partial charge is 0.481 e. The molecule has 1 N–H and O–H groups in total. The minimum absolute atomic E-state index is 0.0324. The van der Waals surface area contributed by atoms with Gasteiger partial charge in [-0.2, -0.15) is 0 Å². The number of benzene rings is 1. The van der Waals surface area contributed by atoms with Crippen LogP contribution in [0, 0.1) is 0 Å². The van der Waals surface area contributed by atoms with E-state index in [1.165, 1.54) is 23.8 Å². The molecule has 23 heavy (non-hydrogen) atoms. The Hall–Kier alpha value is -2.46. The van der Waals surface area contributed by atoms with Crippen LogP contribution < -0.4 is 4.74 Å². The van der Waals surface area contributed by atoms with Gasteiger partial charge in [-0.3, -0.25) is 0 Å². The Bertz CT molecular complexity index is 855. The third-order valence-corrected chi connectivity index (χ3v) is 4.35. The third kappa shape index (κ3) is 2.66. The van der Waals surface area contributed by atoms with E-state index in [0.717, 1.165) is 22.3 Å². The van der Waals surface area contributed by atoms with E-state index in [9.17, 15) is 5.11 Å². The first-order valence-electron chi connectivity index (χ1n) is 7.83. The molecular weight excluding hydrogens is 288 g/mol. The number of methoxy groups -OCH3 is 1. The van der Waals surface area contributed by atoms with Crippen molar-refractivity contribution in [2.24, 2.45) is 0 Å². The fourth-order valence-electron chi connectivity index (χ4n) is 2.93. The Balaban J connectivity index is 1.88. The first kappa shape index (κ1) is 14.2. The molecule has 0 bridgehead atoms. The van der Waals surface area contributed by atoms with E-state index in [4.69, 9.17) is 9.72 Å². The second-order valence-corrected chi connectivity index (χ2v) is 5.97. The molecule has 0 radical (unpaired) electrons. The average Bonchev–Trinajstić information content (AvgIpc) is 3.45. The topological polar surface area (TPSA) is 55.2 Å². The number of nitrogens with zero attached hydrogens (tertiary/aromatic N) is 2. The van der Waals surface area contributed by atoms with Crippen molar-refractivity contribution >= 4 is 10.9 Å². The summed E-state index contributed by atoms with van der Waals surface area (Å²) in [5.74, 6) is 1.23. The van der Waals surface area contributed by atoms with Crippen LogP contribution in [0.4, 0.5) is 0 Å². The highest BCUT2D eigenvalue weighted by Crippen LogP contribution is 2.44. The zero-order chi connectivity index (χ0) is 15.8. The lowest BCUT2D eigenvalue weighted by Gasteiger charge is -2.10. The molecule has 1 aliphatic carbocycles. The molecule has 0 spiro atoms. The van der Waals surface area contributed by atoms with Gasteiger partial charge < -0.3 is 9.84 Å². The van der Waals surface area contributed by atoms with E-state index < -0.39 is 0 Å². The molecule has 3 aromatic rings. The summed E-state index contributed by atoms with van der Waals surface area (Å²) in [6.45, 7) is 0.0324. The van der Waals surface area contributed by atoms with Gasteiger partial charge in [0, 0.05) is 23.2 Å². The summed E-state index contributed by atoms with van der Waals surface area (Å²) in [5, 5.41) is 10.6. The van der Waals surface area contributed by atoms with Gasteiger partial charge in [0.1, 0.15) is 0 Å². The lowest BCUT2D eigenvalue weighted by atomic mass is 10.0. The first-order chi connectivity index (χ1) is 11.3. The Morgan fingerprint density at radius 2 is 2.04 bits per heavy atom. The van der Waals surface area contributed by atoms with Gasteiger partial charge in [-0.15, -0.1) is 0 Å². The number of fused-ring (bicyclic) bond motifs is 1. The van der Waals surface area contributed by atoms with Gasteiger partial charge in [0.05, 0.1) is 24.9 Å². The lowest BCUT2D eigenvalue weighted by molar-refractivity contribution is 0.282. The highest BCUT2D eigenvalue weighted by molar-refractivity contribution is 5.86. The summed E-state index contributed by atoms with van der Waals surface area (Å²) in [6.07, 6.45) is 4.27. The molecule has 1 aromatic carbocycles. The van der Waals surface area contributed by atoms with Crippen LogP contribution in [0.25, 0.3) is 22.2 Å². The predicted octanol–water partition coefficient (Wildman–Crippen LogP) is 3.68. The number of aliphatic hydroxyl groups is 1. The molecule has 4 rings (SSSR count). The van der Waals surface area contributed by atoms with Crippen LogP contribution in [-0.2, 0) is 6.61 Å². The predicted molar refractivity (Wildman–Crippen MR) is 89.4 cm³/mol.